The molecule has 1 aromatic rings. The number of likely N-dealkylation sites (tertiary alicyclic amines) is 2. The lowest BCUT2D eigenvalue weighted by Crippen LogP contribution is -2.44. The molecule has 142 valence electrons. The van der Waals surface area contributed by atoms with E-state index in [0.29, 0.717) is 29.7 Å². The summed E-state index contributed by atoms with van der Waals surface area (Å²) in [6.45, 7) is 3.85. The molecule has 26 heavy (non-hydrogen) atoms. The number of rotatable bonds is 4. The molecule has 0 bridgehead atoms. The molecule has 4 heteroatoms. The number of fused-ring (bicyclic) bond motifs is 1. The average molecular weight is 357 g/mol. The van der Waals surface area contributed by atoms with Crippen molar-refractivity contribution in [2.24, 2.45) is 11.3 Å². The monoisotopic (exact) mass is 356 g/mol. The molecule has 0 radical (unpaired) electrons. The molecule has 1 aromatic carbocycles. The maximum absolute atomic E-state index is 12.8. The highest BCUT2D eigenvalue weighted by molar-refractivity contribution is 5.76. The molecule has 1 atom stereocenters. The first kappa shape index (κ1) is 18.0. The number of hydrogen-bond acceptors (Lipinski definition) is 3. The van der Waals surface area contributed by atoms with Gasteiger partial charge in [-0.15, -0.1) is 0 Å². The van der Waals surface area contributed by atoms with Gasteiger partial charge in [-0.1, -0.05) is 24.3 Å². The van der Waals surface area contributed by atoms with Crippen molar-refractivity contribution in [3.05, 3.63) is 35.4 Å². The van der Waals surface area contributed by atoms with Crippen molar-refractivity contribution in [2.75, 3.05) is 40.4 Å². The Bertz CT molecular complexity index is 626. The minimum Gasteiger partial charge on any atom is -0.383 e. The third-order valence-electron chi connectivity index (χ3n) is 7.01. The van der Waals surface area contributed by atoms with Gasteiger partial charge in [-0.05, 0) is 61.6 Å². The highest BCUT2D eigenvalue weighted by Gasteiger charge is 2.44. The van der Waals surface area contributed by atoms with Crippen LogP contribution in [0, 0.1) is 11.3 Å². The summed E-state index contributed by atoms with van der Waals surface area (Å²) < 4.78 is 5.38. The molecular weight excluding hydrogens is 324 g/mol. The van der Waals surface area contributed by atoms with E-state index in [2.05, 4.69) is 41.1 Å². The van der Waals surface area contributed by atoms with Crippen molar-refractivity contribution in [2.45, 2.75) is 44.6 Å². The second-order valence-electron chi connectivity index (χ2n) is 8.86. The number of likely N-dealkylation sites (N-methyl/N-ethyl adjacent to an activating group) is 1. The van der Waals surface area contributed by atoms with Gasteiger partial charge in [-0.25, -0.2) is 0 Å². The number of nitrogens with zero attached hydrogens (tertiary/aromatic N) is 2. The number of piperidine rings is 1. The molecule has 0 aromatic heterocycles. The van der Waals surface area contributed by atoms with Crippen molar-refractivity contribution in [1.82, 2.24) is 9.80 Å². The van der Waals surface area contributed by atoms with Gasteiger partial charge < -0.3 is 14.5 Å². The maximum atomic E-state index is 12.8. The lowest BCUT2D eigenvalue weighted by atomic mass is 9.76. The molecule has 1 amide bonds. The van der Waals surface area contributed by atoms with Crippen molar-refractivity contribution < 1.29 is 9.53 Å². The summed E-state index contributed by atoms with van der Waals surface area (Å²) in [5.41, 5.74) is 3.29. The first-order valence-corrected chi connectivity index (χ1v) is 10.1. The molecule has 3 aliphatic rings. The number of methoxy groups -OCH3 is 1. The van der Waals surface area contributed by atoms with Gasteiger partial charge in [-0.2, -0.15) is 0 Å². The summed E-state index contributed by atoms with van der Waals surface area (Å²) in [6, 6.07) is 9.21. The molecular formula is C22H32N2O2. The Balaban J connectivity index is 1.28. The number of hydrogen-bond donors (Lipinski definition) is 0. The normalized spacial score (nSPS) is 25.8. The van der Waals surface area contributed by atoms with Crippen LogP contribution in [0.3, 0.4) is 0 Å². The summed E-state index contributed by atoms with van der Waals surface area (Å²) in [6.07, 6.45) is 6.37. The molecule has 1 aliphatic carbocycles. The lowest BCUT2D eigenvalue weighted by Gasteiger charge is -2.39. The zero-order valence-corrected chi connectivity index (χ0v) is 16.2. The van der Waals surface area contributed by atoms with Gasteiger partial charge in [-0.3, -0.25) is 4.79 Å². The predicted octanol–water partition coefficient (Wildman–Crippen LogP) is 2.75. The Morgan fingerprint density at radius 3 is 2.46 bits per heavy atom. The van der Waals surface area contributed by atoms with E-state index in [4.69, 9.17) is 4.74 Å². The quantitative estimate of drug-likeness (QED) is 0.832. The Morgan fingerprint density at radius 2 is 1.85 bits per heavy atom. The van der Waals surface area contributed by atoms with Crippen LogP contribution < -0.4 is 0 Å². The molecule has 2 fully saturated rings. The summed E-state index contributed by atoms with van der Waals surface area (Å²) in [5.74, 6) is 0.872. The topological polar surface area (TPSA) is 32.8 Å². The van der Waals surface area contributed by atoms with Crippen LogP contribution in [0.2, 0.25) is 0 Å². The molecule has 1 spiro atoms. The van der Waals surface area contributed by atoms with Crippen LogP contribution in [0.15, 0.2) is 24.3 Å². The molecule has 0 saturated carbocycles. The fourth-order valence-electron chi connectivity index (χ4n) is 5.52. The molecule has 2 saturated heterocycles. The van der Waals surface area contributed by atoms with E-state index >= 15 is 0 Å². The Labute approximate surface area is 157 Å². The predicted molar refractivity (Wildman–Crippen MR) is 103 cm³/mol. The lowest BCUT2D eigenvalue weighted by molar-refractivity contribution is -0.134. The Hall–Kier alpha value is -1.39. The number of carbonyl (C=O) groups excluding carboxylic acids is 1. The van der Waals surface area contributed by atoms with Gasteiger partial charge in [0.2, 0.25) is 5.91 Å². The van der Waals surface area contributed by atoms with Gasteiger partial charge in [0.1, 0.15) is 0 Å². The van der Waals surface area contributed by atoms with E-state index in [1.807, 2.05) is 0 Å². The van der Waals surface area contributed by atoms with Crippen LogP contribution in [0.5, 0.6) is 0 Å². The van der Waals surface area contributed by atoms with Crippen molar-refractivity contribution in [1.29, 1.82) is 0 Å². The van der Waals surface area contributed by atoms with Crippen LogP contribution in [0.25, 0.3) is 0 Å². The number of carbonyl (C=O) groups is 1. The molecule has 4 rings (SSSR count). The Morgan fingerprint density at radius 1 is 1.19 bits per heavy atom. The first-order valence-electron chi connectivity index (χ1n) is 10.1. The number of benzene rings is 1. The van der Waals surface area contributed by atoms with Crippen LogP contribution >= 0.6 is 0 Å². The van der Waals surface area contributed by atoms with Crippen molar-refractivity contribution >= 4 is 5.91 Å². The third kappa shape index (κ3) is 3.54. The van der Waals surface area contributed by atoms with E-state index in [1.165, 1.54) is 17.5 Å². The van der Waals surface area contributed by atoms with Gasteiger partial charge in [0.05, 0.1) is 6.61 Å². The molecule has 0 unspecified atom stereocenters. The summed E-state index contributed by atoms with van der Waals surface area (Å²) in [7, 11) is 4.01. The summed E-state index contributed by atoms with van der Waals surface area (Å²) in [4.78, 5) is 17.4. The second-order valence-corrected chi connectivity index (χ2v) is 8.86. The van der Waals surface area contributed by atoms with Crippen LogP contribution in [-0.4, -0.2) is 62.1 Å². The average Bonchev–Trinajstić information content (AvgIpc) is 3.16. The van der Waals surface area contributed by atoms with Gasteiger partial charge in [0.15, 0.2) is 0 Å². The summed E-state index contributed by atoms with van der Waals surface area (Å²) in [5, 5.41) is 0. The SMILES string of the molecule is COC[C@@H]1CC2(CCN(C(=O)CC3Cc4ccccc4C3)CC2)CN1C. The fraction of sp³-hybridized carbons (Fsp3) is 0.682. The van der Waals surface area contributed by atoms with Crippen LogP contribution in [0.4, 0.5) is 0 Å². The maximum Gasteiger partial charge on any atom is 0.222 e. The zero-order valence-electron chi connectivity index (χ0n) is 16.2. The zero-order chi connectivity index (χ0) is 18.1. The van der Waals surface area contributed by atoms with E-state index in [9.17, 15) is 4.79 Å². The Kier molecular flexibility index (Phi) is 5.07. The minimum absolute atomic E-state index is 0.373. The van der Waals surface area contributed by atoms with Gasteiger partial charge in [0, 0.05) is 39.2 Å². The minimum atomic E-state index is 0.373. The molecule has 2 heterocycles. The van der Waals surface area contributed by atoms with Crippen molar-refractivity contribution in [3.63, 3.8) is 0 Å². The van der Waals surface area contributed by atoms with E-state index < -0.39 is 0 Å². The summed E-state index contributed by atoms with van der Waals surface area (Å²) >= 11 is 0. The number of ether oxygens (including phenoxy) is 1. The highest BCUT2D eigenvalue weighted by Crippen LogP contribution is 2.43. The van der Waals surface area contributed by atoms with Crippen LogP contribution in [-0.2, 0) is 22.4 Å². The molecule has 2 aliphatic heterocycles. The van der Waals surface area contributed by atoms with E-state index in [1.54, 1.807) is 7.11 Å². The molecule has 0 N–H and O–H groups in total. The molecule has 4 nitrogen and oxygen atoms in total. The standard InChI is InChI=1S/C22H32N2O2/c1-23-16-22(14-20(23)15-26-2)7-9-24(10-8-22)21(25)13-17-11-18-5-3-4-6-19(18)12-17/h3-6,17,20H,7-16H2,1-2H3/t20-/m0/s1. The smallest absolute Gasteiger partial charge is 0.222 e. The van der Waals surface area contributed by atoms with Crippen LogP contribution in [0.1, 0.15) is 36.8 Å². The second kappa shape index (κ2) is 7.32. The first-order chi connectivity index (χ1) is 12.6. The largest absolute Gasteiger partial charge is 0.383 e. The van der Waals surface area contributed by atoms with Gasteiger partial charge in [0.25, 0.3) is 0 Å². The van der Waals surface area contributed by atoms with Gasteiger partial charge >= 0.3 is 0 Å². The highest BCUT2D eigenvalue weighted by atomic mass is 16.5. The third-order valence-corrected chi connectivity index (χ3v) is 7.01. The van der Waals surface area contributed by atoms with E-state index in [-0.39, 0.29) is 0 Å². The van der Waals surface area contributed by atoms with E-state index in [0.717, 1.165) is 51.9 Å². The number of amides is 1. The van der Waals surface area contributed by atoms with Crippen molar-refractivity contribution in [3.8, 4) is 0 Å². The fourth-order valence-corrected chi connectivity index (χ4v) is 5.52.